The molecule has 0 radical (unpaired) electrons. The van der Waals surface area contributed by atoms with E-state index in [4.69, 9.17) is 5.73 Å². The van der Waals surface area contributed by atoms with Crippen LogP contribution in [0.25, 0.3) is 0 Å². The summed E-state index contributed by atoms with van der Waals surface area (Å²) < 4.78 is 3.12. The molecule has 0 saturated carbocycles. The molecule has 1 atom stereocenters. The van der Waals surface area contributed by atoms with Gasteiger partial charge >= 0.3 is 0 Å². The summed E-state index contributed by atoms with van der Waals surface area (Å²) >= 11 is 2.38. The van der Waals surface area contributed by atoms with Gasteiger partial charge in [0, 0.05) is 22.9 Å². The van der Waals surface area contributed by atoms with E-state index in [2.05, 4.69) is 52.8 Å². The molecule has 0 spiro atoms. The molecule has 0 fully saturated rings. The fraction of sp³-hybridized carbons (Fsp3) is 0.357. The second kappa shape index (κ2) is 5.84. The lowest BCUT2D eigenvalue weighted by Gasteiger charge is -2.14. The molecule has 0 aliphatic heterocycles. The van der Waals surface area contributed by atoms with Gasteiger partial charge in [-0.3, -0.25) is 4.68 Å². The Labute approximate surface area is 122 Å². The molecule has 1 aromatic carbocycles. The number of nitrogens with two attached hydrogens (primary N) is 1. The molecule has 1 unspecified atom stereocenters. The maximum absolute atomic E-state index is 6.29. The number of rotatable bonds is 4. The number of hydrogen-bond acceptors (Lipinski definition) is 2. The topological polar surface area (TPSA) is 43.8 Å². The number of benzene rings is 1. The molecular weight excluding hydrogens is 337 g/mol. The molecule has 18 heavy (non-hydrogen) atoms. The van der Waals surface area contributed by atoms with Crippen LogP contribution >= 0.6 is 22.6 Å². The van der Waals surface area contributed by atoms with Crippen molar-refractivity contribution in [2.75, 3.05) is 0 Å². The predicted molar refractivity (Wildman–Crippen MR) is 82.4 cm³/mol. The van der Waals surface area contributed by atoms with E-state index in [9.17, 15) is 0 Å². The quantitative estimate of drug-likeness (QED) is 0.857. The first-order chi connectivity index (χ1) is 8.58. The summed E-state index contributed by atoms with van der Waals surface area (Å²) in [6.45, 7) is 2.12. The zero-order chi connectivity index (χ0) is 13.1. The van der Waals surface area contributed by atoms with Gasteiger partial charge in [-0.25, -0.2) is 0 Å². The van der Waals surface area contributed by atoms with Crippen molar-refractivity contribution in [1.29, 1.82) is 0 Å². The minimum atomic E-state index is 0.0945. The Morgan fingerprint density at radius 3 is 2.89 bits per heavy atom. The first kappa shape index (κ1) is 13.5. The van der Waals surface area contributed by atoms with E-state index in [1.54, 1.807) is 0 Å². The van der Waals surface area contributed by atoms with Gasteiger partial charge in [0.2, 0.25) is 0 Å². The van der Waals surface area contributed by atoms with Gasteiger partial charge in [0.1, 0.15) is 0 Å². The summed E-state index contributed by atoms with van der Waals surface area (Å²) in [5.41, 5.74) is 10.1. The van der Waals surface area contributed by atoms with Crippen molar-refractivity contribution in [2.45, 2.75) is 25.8 Å². The first-order valence-corrected chi connectivity index (χ1v) is 7.14. The third-order valence-electron chi connectivity index (χ3n) is 3.12. The molecule has 4 heteroatoms. The van der Waals surface area contributed by atoms with Crippen LogP contribution in [0, 0.1) is 10.5 Å². The van der Waals surface area contributed by atoms with Gasteiger partial charge in [0.05, 0.1) is 6.20 Å². The molecule has 0 amide bonds. The highest BCUT2D eigenvalue weighted by atomic mass is 127. The smallest absolute Gasteiger partial charge is 0.0521 e. The van der Waals surface area contributed by atoms with E-state index in [-0.39, 0.29) is 6.04 Å². The third kappa shape index (κ3) is 3.11. The van der Waals surface area contributed by atoms with Crippen LogP contribution in [0.3, 0.4) is 0 Å². The molecule has 0 aliphatic rings. The van der Waals surface area contributed by atoms with Gasteiger partial charge in [-0.15, -0.1) is 0 Å². The summed E-state index contributed by atoms with van der Waals surface area (Å²) in [5, 5.41) is 4.17. The summed E-state index contributed by atoms with van der Waals surface area (Å²) in [4.78, 5) is 0. The van der Waals surface area contributed by atoms with E-state index in [1.165, 1.54) is 20.3 Å². The summed E-state index contributed by atoms with van der Waals surface area (Å²) in [7, 11) is 1.94. The summed E-state index contributed by atoms with van der Waals surface area (Å²) in [5.74, 6) is 0. The third-order valence-corrected chi connectivity index (χ3v) is 4.60. The second-order valence-corrected chi connectivity index (χ2v) is 5.72. The SMILES string of the molecule is Cc1cccc(C(N)CCc2cnn(C)c2)c1I. The number of nitrogens with zero attached hydrogens (tertiary/aromatic N) is 2. The van der Waals surface area contributed by atoms with E-state index in [0.717, 1.165) is 12.8 Å². The van der Waals surface area contributed by atoms with E-state index in [0.29, 0.717) is 0 Å². The Balaban J connectivity index is 2.03. The van der Waals surface area contributed by atoms with E-state index >= 15 is 0 Å². The highest BCUT2D eigenvalue weighted by Gasteiger charge is 2.11. The van der Waals surface area contributed by atoms with Crippen LogP contribution in [-0.4, -0.2) is 9.78 Å². The van der Waals surface area contributed by atoms with Crippen molar-refractivity contribution in [3.63, 3.8) is 0 Å². The van der Waals surface area contributed by atoms with Crippen LogP contribution in [-0.2, 0) is 13.5 Å². The Hall–Kier alpha value is -0.880. The summed E-state index contributed by atoms with van der Waals surface area (Å²) in [6, 6.07) is 6.43. The Morgan fingerprint density at radius 2 is 2.22 bits per heavy atom. The normalized spacial score (nSPS) is 12.7. The molecule has 2 aromatic rings. The minimum Gasteiger partial charge on any atom is -0.324 e. The number of hydrogen-bond donors (Lipinski definition) is 1. The minimum absolute atomic E-state index is 0.0945. The van der Waals surface area contributed by atoms with Gasteiger partial charge in [0.25, 0.3) is 0 Å². The highest BCUT2D eigenvalue weighted by Crippen LogP contribution is 2.24. The second-order valence-electron chi connectivity index (χ2n) is 4.65. The maximum atomic E-state index is 6.29. The van der Waals surface area contributed by atoms with Crippen LogP contribution in [0.15, 0.2) is 30.6 Å². The molecule has 1 heterocycles. The average Bonchev–Trinajstić information content (AvgIpc) is 2.76. The van der Waals surface area contributed by atoms with E-state index < -0.39 is 0 Å². The van der Waals surface area contributed by atoms with E-state index in [1.807, 2.05) is 24.1 Å². The van der Waals surface area contributed by atoms with Gasteiger partial charge in [0.15, 0.2) is 0 Å². The van der Waals surface area contributed by atoms with Gasteiger partial charge in [-0.05, 0) is 59.0 Å². The largest absolute Gasteiger partial charge is 0.324 e. The standard InChI is InChI=1S/C14H18IN3/c1-10-4-3-5-12(14(10)15)13(16)7-6-11-8-17-18(2)9-11/h3-5,8-9,13H,6-7,16H2,1-2H3. The van der Waals surface area contributed by atoms with Crippen LogP contribution in [0.5, 0.6) is 0 Å². The molecule has 0 aliphatic carbocycles. The van der Waals surface area contributed by atoms with Crippen LogP contribution in [0.2, 0.25) is 0 Å². The molecule has 2 N–H and O–H groups in total. The summed E-state index contributed by atoms with van der Waals surface area (Å²) in [6.07, 6.45) is 5.88. The monoisotopic (exact) mass is 355 g/mol. The maximum Gasteiger partial charge on any atom is 0.0521 e. The zero-order valence-corrected chi connectivity index (χ0v) is 12.9. The fourth-order valence-electron chi connectivity index (χ4n) is 2.04. The molecular formula is C14H18IN3. The van der Waals surface area contributed by atoms with Crippen molar-refractivity contribution in [2.24, 2.45) is 12.8 Å². The first-order valence-electron chi connectivity index (χ1n) is 6.06. The van der Waals surface area contributed by atoms with Gasteiger partial charge in [-0.1, -0.05) is 18.2 Å². The van der Waals surface area contributed by atoms with Crippen LogP contribution in [0.1, 0.15) is 29.2 Å². The molecule has 0 bridgehead atoms. The van der Waals surface area contributed by atoms with Crippen molar-refractivity contribution in [3.05, 3.63) is 50.9 Å². The molecule has 1 aromatic heterocycles. The lowest BCUT2D eigenvalue weighted by atomic mass is 9.99. The van der Waals surface area contributed by atoms with Crippen molar-refractivity contribution in [3.8, 4) is 0 Å². The zero-order valence-electron chi connectivity index (χ0n) is 10.7. The molecule has 3 nitrogen and oxygen atoms in total. The lowest BCUT2D eigenvalue weighted by Crippen LogP contribution is -2.13. The van der Waals surface area contributed by atoms with Gasteiger partial charge in [-0.2, -0.15) is 5.10 Å². The lowest BCUT2D eigenvalue weighted by molar-refractivity contribution is 0.647. The molecule has 96 valence electrons. The molecule has 0 saturated heterocycles. The van der Waals surface area contributed by atoms with Crippen LogP contribution in [0.4, 0.5) is 0 Å². The number of halogens is 1. The molecule has 2 rings (SSSR count). The highest BCUT2D eigenvalue weighted by molar-refractivity contribution is 14.1. The Bertz CT molecular complexity index is 534. The fourth-order valence-corrected chi connectivity index (χ4v) is 2.79. The van der Waals surface area contributed by atoms with Gasteiger partial charge < -0.3 is 5.73 Å². The number of aromatic nitrogens is 2. The number of aryl methyl sites for hydroxylation is 3. The van der Waals surface area contributed by atoms with Crippen molar-refractivity contribution >= 4 is 22.6 Å². The Kier molecular flexibility index (Phi) is 4.40. The van der Waals surface area contributed by atoms with Crippen molar-refractivity contribution in [1.82, 2.24) is 9.78 Å². The Morgan fingerprint density at radius 1 is 1.44 bits per heavy atom. The predicted octanol–water partition coefficient (Wildman–Crippen LogP) is 2.97. The average molecular weight is 355 g/mol. The van der Waals surface area contributed by atoms with Crippen LogP contribution < -0.4 is 5.73 Å². The van der Waals surface area contributed by atoms with Crippen molar-refractivity contribution < 1.29 is 0 Å².